The fourth-order valence-corrected chi connectivity index (χ4v) is 1.93. The van der Waals surface area contributed by atoms with Gasteiger partial charge < -0.3 is 9.84 Å². The van der Waals surface area contributed by atoms with E-state index in [-0.39, 0.29) is 6.61 Å². The summed E-state index contributed by atoms with van der Waals surface area (Å²) in [6.07, 6.45) is 3.48. The van der Waals surface area contributed by atoms with Crippen LogP contribution >= 0.6 is 0 Å². The van der Waals surface area contributed by atoms with Crippen molar-refractivity contribution < 1.29 is 14.6 Å². The predicted octanol–water partition coefficient (Wildman–Crippen LogP) is 2.27. The molecule has 86 valence electrons. The van der Waals surface area contributed by atoms with E-state index in [0.717, 1.165) is 18.6 Å². The standard InChI is InChI=1S/C13H16O3/c1-9(13(14)15)8-16-12-6-5-10-3-2-4-11(10)7-12/h5-7,9H,2-4,8H2,1H3,(H,14,15). The van der Waals surface area contributed by atoms with Gasteiger partial charge in [-0.1, -0.05) is 6.07 Å². The Morgan fingerprint density at radius 3 is 2.94 bits per heavy atom. The first-order chi connectivity index (χ1) is 7.66. The summed E-state index contributed by atoms with van der Waals surface area (Å²) in [6, 6.07) is 6.05. The van der Waals surface area contributed by atoms with Crippen molar-refractivity contribution in [2.75, 3.05) is 6.61 Å². The minimum Gasteiger partial charge on any atom is -0.493 e. The van der Waals surface area contributed by atoms with Crippen LogP contribution in [-0.4, -0.2) is 17.7 Å². The summed E-state index contributed by atoms with van der Waals surface area (Å²) in [5, 5.41) is 8.73. The Kier molecular flexibility index (Phi) is 3.13. The van der Waals surface area contributed by atoms with Crippen LogP contribution in [0.15, 0.2) is 18.2 Å². The van der Waals surface area contributed by atoms with Crippen molar-refractivity contribution in [1.82, 2.24) is 0 Å². The van der Waals surface area contributed by atoms with Crippen LogP contribution in [-0.2, 0) is 17.6 Å². The molecule has 3 nitrogen and oxygen atoms in total. The van der Waals surface area contributed by atoms with Gasteiger partial charge in [0.1, 0.15) is 12.4 Å². The molecule has 0 spiro atoms. The van der Waals surface area contributed by atoms with Gasteiger partial charge in [-0.15, -0.1) is 0 Å². The fraction of sp³-hybridized carbons (Fsp3) is 0.462. The summed E-state index contributed by atoms with van der Waals surface area (Å²) in [4.78, 5) is 10.6. The lowest BCUT2D eigenvalue weighted by molar-refractivity contribution is -0.142. The molecule has 0 fully saturated rings. The minimum absolute atomic E-state index is 0.230. The molecule has 0 saturated carbocycles. The van der Waals surface area contributed by atoms with Crippen molar-refractivity contribution in [3.05, 3.63) is 29.3 Å². The highest BCUT2D eigenvalue weighted by molar-refractivity contribution is 5.69. The third-order valence-corrected chi connectivity index (χ3v) is 2.99. The van der Waals surface area contributed by atoms with Crippen LogP contribution in [0.25, 0.3) is 0 Å². The van der Waals surface area contributed by atoms with E-state index in [9.17, 15) is 4.79 Å². The predicted molar refractivity (Wildman–Crippen MR) is 60.8 cm³/mol. The molecular formula is C13H16O3. The maximum atomic E-state index is 10.6. The monoisotopic (exact) mass is 220 g/mol. The molecular weight excluding hydrogens is 204 g/mol. The van der Waals surface area contributed by atoms with Gasteiger partial charge in [0.2, 0.25) is 0 Å². The van der Waals surface area contributed by atoms with Gasteiger partial charge in [0, 0.05) is 0 Å². The number of fused-ring (bicyclic) bond motifs is 1. The van der Waals surface area contributed by atoms with Gasteiger partial charge in [-0.2, -0.15) is 0 Å². The molecule has 2 rings (SSSR count). The molecule has 1 aliphatic rings. The number of ether oxygens (including phenoxy) is 1. The second-order valence-electron chi connectivity index (χ2n) is 4.33. The van der Waals surface area contributed by atoms with E-state index in [0.29, 0.717) is 0 Å². The fourth-order valence-electron chi connectivity index (χ4n) is 1.93. The second kappa shape index (κ2) is 4.56. The Morgan fingerprint density at radius 2 is 2.19 bits per heavy atom. The van der Waals surface area contributed by atoms with Crippen LogP contribution < -0.4 is 4.74 Å². The average molecular weight is 220 g/mol. The zero-order valence-corrected chi connectivity index (χ0v) is 9.40. The van der Waals surface area contributed by atoms with E-state index < -0.39 is 11.9 Å². The highest BCUT2D eigenvalue weighted by atomic mass is 16.5. The van der Waals surface area contributed by atoms with Gasteiger partial charge in [-0.25, -0.2) is 0 Å². The Balaban J connectivity index is 1.98. The number of aryl methyl sites for hydroxylation is 2. The molecule has 0 aromatic heterocycles. The molecule has 1 N–H and O–H groups in total. The van der Waals surface area contributed by atoms with Crippen LogP contribution in [0.2, 0.25) is 0 Å². The molecule has 0 bridgehead atoms. The smallest absolute Gasteiger partial charge is 0.309 e. The third-order valence-electron chi connectivity index (χ3n) is 2.99. The van der Waals surface area contributed by atoms with E-state index in [4.69, 9.17) is 9.84 Å². The molecule has 0 heterocycles. The molecule has 1 aromatic carbocycles. The lowest BCUT2D eigenvalue weighted by atomic mass is 10.1. The summed E-state index contributed by atoms with van der Waals surface area (Å²) in [5.41, 5.74) is 2.75. The van der Waals surface area contributed by atoms with E-state index in [1.807, 2.05) is 12.1 Å². The van der Waals surface area contributed by atoms with Gasteiger partial charge in [0.25, 0.3) is 0 Å². The molecule has 3 heteroatoms. The van der Waals surface area contributed by atoms with Crippen LogP contribution in [0.3, 0.4) is 0 Å². The number of carboxylic acid groups (broad SMARTS) is 1. The normalized spacial score (nSPS) is 15.6. The Bertz CT molecular complexity index is 398. The summed E-state index contributed by atoms with van der Waals surface area (Å²) in [5.74, 6) is -0.497. The average Bonchev–Trinajstić information content (AvgIpc) is 2.72. The highest BCUT2D eigenvalue weighted by Gasteiger charge is 2.14. The van der Waals surface area contributed by atoms with Crippen LogP contribution in [0, 0.1) is 5.92 Å². The van der Waals surface area contributed by atoms with Gasteiger partial charge in [-0.3, -0.25) is 4.79 Å². The van der Waals surface area contributed by atoms with Gasteiger partial charge in [0.05, 0.1) is 5.92 Å². The van der Waals surface area contributed by atoms with Gasteiger partial charge >= 0.3 is 5.97 Å². The number of carbonyl (C=O) groups is 1. The van der Waals surface area contributed by atoms with E-state index in [1.165, 1.54) is 17.5 Å². The van der Waals surface area contributed by atoms with E-state index in [1.54, 1.807) is 6.92 Å². The first-order valence-electron chi connectivity index (χ1n) is 5.64. The Labute approximate surface area is 95.0 Å². The van der Waals surface area contributed by atoms with Crippen molar-refractivity contribution in [1.29, 1.82) is 0 Å². The first kappa shape index (κ1) is 11.0. The maximum Gasteiger partial charge on any atom is 0.309 e. The molecule has 16 heavy (non-hydrogen) atoms. The molecule has 0 amide bonds. The first-order valence-corrected chi connectivity index (χ1v) is 5.64. The van der Waals surface area contributed by atoms with Gasteiger partial charge in [-0.05, 0) is 49.4 Å². The number of hydrogen-bond acceptors (Lipinski definition) is 2. The quantitative estimate of drug-likeness (QED) is 0.846. The molecule has 1 aliphatic carbocycles. The molecule has 1 aromatic rings. The van der Waals surface area contributed by atoms with E-state index in [2.05, 4.69) is 6.07 Å². The molecule has 1 atom stereocenters. The molecule has 0 aliphatic heterocycles. The van der Waals surface area contributed by atoms with Gasteiger partial charge in [0.15, 0.2) is 0 Å². The Hall–Kier alpha value is -1.51. The number of carboxylic acids is 1. The summed E-state index contributed by atoms with van der Waals surface area (Å²) in [7, 11) is 0. The van der Waals surface area contributed by atoms with Crippen molar-refractivity contribution in [3.63, 3.8) is 0 Å². The summed E-state index contributed by atoms with van der Waals surface area (Å²) < 4.78 is 5.47. The van der Waals surface area contributed by atoms with Crippen molar-refractivity contribution in [2.24, 2.45) is 5.92 Å². The van der Waals surface area contributed by atoms with Crippen molar-refractivity contribution >= 4 is 5.97 Å². The van der Waals surface area contributed by atoms with E-state index >= 15 is 0 Å². The van der Waals surface area contributed by atoms with Crippen LogP contribution in [0.5, 0.6) is 5.75 Å². The SMILES string of the molecule is CC(COc1ccc2c(c1)CCC2)C(=O)O. The Morgan fingerprint density at radius 1 is 1.44 bits per heavy atom. The topological polar surface area (TPSA) is 46.5 Å². The number of hydrogen-bond donors (Lipinski definition) is 1. The molecule has 0 saturated heterocycles. The lowest BCUT2D eigenvalue weighted by Crippen LogP contribution is -2.17. The second-order valence-corrected chi connectivity index (χ2v) is 4.33. The summed E-state index contributed by atoms with van der Waals surface area (Å²) in [6.45, 7) is 1.88. The number of benzene rings is 1. The largest absolute Gasteiger partial charge is 0.493 e. The zero-order valence-electron chi connectivity index (χ0n) is 9.40. The van der Waals surface area contributed by atoms with Crippen molar-refractivity contribution in [2.45, 2.75) is 26.2 Å². The molecule has 0 radical (unpaired) electrons. The highest BCUT2D eigenvalue weighted by Crippen LogP contribution is 2.26. The molecule has 1 unspecified atom stereocenters. The third kappa shape index (κ3) is 2.35. The number of aliphatic carboxylic acids is 1. The number of rotatable bonds is 4. The van der Waals surface area contributed by atoms with Crippen molar-refractivity contribution in [3.8, 4) is 5.75 Å². The lowest BCUT2D eigenvalue weighted by Gasteiger charge is -2.10. The van der Waals surface area contributed by atoms with Crippen LogP contribution in [0.4, 0.5) is 0 Å². The zero-order chi connectivity index (χ0) is 11.5. The minimum atomic E-state index is -0.818. The maximum absolute atomic E-state index is 10.6. The van der Waals surface area contributed by atoms with Crippen LogP contribution in [0.1, 0.15) is 24.5 Å². The summed E-state index contributed by atoms with van der Waals surface area (Å²) >= 11 is 0.